The average molecular weight is 391 g/mol. The maximum absolute atomic E-state index is 14.0. The maximum atomic E-state index is 14.0. The Morgan fingerprint density at radius 1 is 1.32 bits per heavy atom. The third kappa shape index (κ3) is 2.43. The number of halogens is 1. The SMILES string of the molecule is COCCCN1C(=O)[C@@H]2[C@H]([C@H](C)O)N[C@@]3(C(=O)Nc4ccc(F)cc43)[C@@H]2C1=O. The highest BCUT2D eigenvalue weighted by Crippen LogP contribution is 2.53. The molecule has 1 aromatic rings. The normalized spacial score (nSPS) is 32.1. The van der Waals surface area contributed by atoms with Crippen LogP contribution in [0.15, 0.2) is 18.2 Å². The first kappa shape index (κ1) is 19.0. The van der Waals surface area contributed by atoms with Gasteiger partial charge in [0.15, 0.2) is 0 Å². The van der Waals surface area contributed by atoms with Gasteiger partial charge in [0.1, 0.15) is 11.4 Å². The van der Waals surface area contributed by atoms with Gasteiger partial charge in [0, 0.05) is 37.6 Å². The van der Waals surface area contributed by atoms with Gasteiger partial charge in [-0.3, -0.25) is 24.6 Å². The molecule has 0 unspecified atom stereocenters. The van der Waals surface area contributed by atoms with Crippen molar-refractivity contribution in [2.75, 3.05) is 25.6 Å². The van der Waals surface area contributed by atoms with Gasteiger partial charge in [-0.15, -0.1) is 0 Å². The van der Waals surface area contributed by atoms with Crippen molar-refractivity contribution < 1.29 is 28.6 Å². The van der Waals surface area contributed by atoms with Crippen LogP contribution < -0.4 is 10.6 Å². The number of carbonyl (C=O) groups is 3. The van der Waals surface area contributed by atoms with Gasteiger partial charge in [-0.05, 0) is 31.5 Å². The van der Waals surface area contributed by atoms with Crippen LogP contribution in [-0.2, 0) is 24.7 Å². The second-order valence-electron chi connectivity index (χ2n) is 7.54. The van der Waals surface area contributed by atoms with E-state index >= 15 is 0 Å². The topological polar surface area (TPSA) is 108 Å². The summed E-state index contributed by atoms with van der Waals surface area (Å²) in [6, 6.07) is 3.04. The minimum Gasteiger partial charge on any atom is -0.392 e. The van der Waals surface area contributed by atoms with Gasteiger partial charge in [0.05, 0.1) is 17.9 Å². The van der Waals surface area contributed by atoms with Gasteiger partial charge in [0.25, 0.3) is 0 Å². The second kappa shape index (κ2) is 6.61. The molecule has 3 amide bonds. The Morgan fingerprint density at radius 2 is 2.07 bits per heavy atom. The number of aliphatic hydroxyl groups excluding tert-OH is 1. The number of benzene rings is 1. The summed E-state index contributed by atoms with van der Waals surface area (Å²) in [5.41, 5.74) is -0.913. The van der Waals surface area contributed by atoms with Crippen molar-refractivity contribution in [2.45, 2.75) is 31.0 Å². The fourth-order valence-electron chi connectivity index (χ4n) is 4.77. The number of nitrogens with zero attached hydrogens (tertiary/aromatic N) is 1. The molecular formula is C19H22FN3O5. The molecule has 1 aromatic carbocycles. The lowest BCUT2D eigenvalue weighted by Gasteiger charge is -2.30. The van der Waals surface area contributed by atoms with E-state index in [1.165, 1.54) is 32.2 Å². The van der Waals surface area contributed by atoms with E-state index < -0.39 is 53.1 Å². The van der Waals surface area contributed by atoms with Crippen molar-refractivity contribution >= 4 is 23.4 Å². The van der Waals surface area contributed by atoms with Crippen LogP contribution >= 0.6 is 0 Å². The second-order valence-corrected chi connectivity index (χ2v) is 7.54. The number of aliphatic hydroxyl groups is 1. The van der Waals surface area contributed by atoms with Gasteiger partial charge in [-0.25, -0.2) is 4.39 Å². The van der Waals surface area contributed by atoms with Crippen molar-refractivity contribution in [1.29, 1.82) is 0 Å². The van der Waals surface area contributed by atoms with Crippen LogP contribution in [0.1, 0.15) is 18.9 Å². The zero-order valence-electron chi connectivity index (χ0n) is 15.6. The summed E-state index contributed by atoms with van der Waals surface area (Å²) in [4.78, 5) is 40.4. The fourth-order valence-corrected chi connectivity index (χ4v) is 4.77. The maximum Gasteiger partial charge on any atom is 0.250 e. The molecule has 1 spiro atoms. The van der Waals surface area contributed by atoms with Crippen molar-refractivity contribution in [3.05, 3.63) is 29.6 Å². The number of amides is 3. The van der Waals surface area contributed by atoms with Gasteiger partial charge in [-0.1, -0.05) is 0 Å². The first-order valence-corrected chi connectivity index (χ1v) is 9.24. The number of rotatable bonds is 5. The highest BCUT2D eigenvalue weighted by atomic mass is 19.1. The van der Waals surface area contributed by atoms with Gasteiger partial charge >= 0.3 is 0 Å². The largest absolute Gasteiger partial charge is 0.392 e. The minimum atomic E-state index is -1.59. The van der Waals surface area contributed by atoms with E-state index in [1.54, 1.807) is 0 Å². The molecule has 3 heterocycles. The Kier molecular flexibility index (Phi) is 4.48. The molecule has 4 rings (SSSR count). The van der Waals surface area contributed by atoms with E-state index in [2.05, 4.69) is 10.6 Å². The molecule has 150 valence electrons. The lowest BCUT2D eigenvalue weighted by Crippen LogP contribution is -2.54. The number of hydrogen-bond acceptors (Lipinski definition) is 6. The molecule has 3 N–H and O–H groups in total. The van der Waals surface area contributed by atoms with Gasteiger partial charge in [0.2, 0.25) is 17.7 Å². The molecule has 2 fully saturated rings. The third-order valence-electron chi connectivity index (χ3n) is 5.95. The first-order chi connectivity index (χ1) is 13.3. The molecule has 3 aliphatic rings. The number of likely N-dealkylation sites (tertiary alicyclic amines) is 1. The molecule has 3 aliphatic heterocycles. The molecule has 0 aliphatic carbocycles. The number of anilines is 1. The number of carbonyl (C=O) groups excluding carboxylic acids is 3. The van der Waals surface area contributed by atoms with Crippen LogP contribution in [0, 0.1) is 17.7 Å². The zero-order valence-corrected chi connectivity index (χ0v) is 15.6. The van der Waals surface area contributed by atoms with E-state index in [-0.39, 0.29) is 12.1 Å². The number of nitrogens with one attached hydrogen (secondary N) is 2. The summed E-state index contributed by atoms with van der Waals surface area (Å²) in [7, 11) is 1.53. The van der Waals surface area contributed by atoms with Crippen LogP contribution in [0.3, 0.4) is 0 Å². The summed E-state index contributed by atoms with van der Waals surface area (Å²) in [5.74, 6) is -3.96. The van der Waals surface area contributed by atoms with Crippen LogP contribution in [-0.4, -0.2) is 60.1 Å². The predicted octanol–water partition coefficient (Wildman–Crippen LogP) is -0.0366. The zero-order chi connectivity index (χ0) is 20.2. The Hall–Kier alpha value is -2.36. The lowest BCUT2D eigenvalue weighted by atomic mass is 9.76. The predicted molar refractivity (Wildman–Crippen MR) is 95.5 cm³/mol. The van der Waals surface area contributed by atoms with E-state index in [0.717, 1.165) is 4.90 Å². The minimum absolute atomic E-state index is 0.165. The summed E-state index contributed by atoms with van der Waals surface area (Å²) in [6.45, 7) is 2.04. The van der Waals surface area contributed by atoms with Crippen LogP contribution in [0.5, 0.6) is 0 Å². The Morgan fingerprint density at radius 3 is 2.75 bits per heavy atom. The van der Waals surface area contributed by atoms with Crippen LogP contribution in [0.4, 0.5) is 10.1 Å². The summed E-state index contributed by atoms with van der Waals surface area (Å²) in [6.07, 6.45) is -0.530. The monoisotopic (exact) mass is 391 g/mol. The molecule has 28 heavy (non-hydrogen) atoms. The first-order valence-electron chi connectivity index (χ1n) is 9.24. The highest BCUT2D eigenvalue weighted by molar-refractivity contribution is 6.15. The molecule has 0 bridgehead atoms. The Balaban J connectivity index is 1.81. The summed E-state index contributed by atoms with van der Waals surface area (Å²) < 4.78 is 19.0. The molecule has 8 nitrogen and oxygen atoms in total. The quantitative estimate of drug-likeness (QED) is 0.480. The fraction of sp³-hybridized carbons (Fsp3) is 0.526. The Labute approximate surface area is 161 Å². The van der Waals surface area contributed by atoms with E-state index in [4.69, 9.17) is 4.74 Å². The van der Waals surface area contributed by atoms with Crippen LogP contribution in [0.25, 0.3) is 0 Å². The summed E-state index contributed by atoms with van der Waals surface area (Å²) >= 11 is 0. The molecule has 9 heteroatoms. The average Bonchev–Trinajstić information content (AvgIpc) is 3.23. The van der Waals surface area contributed by atoms with Gasteiger partial charge < -0.3 is 15.2 Å². The molecule has 0 radical (unpaired) electrons. The standard InChI is InChI=1S/C19H22FN3O5/c1-9(24)15-13-14(17(26)23(16(13)25)6-3-7-28-2)19(22-15)11-8-10(20)4-5-12(11)21-18(19)27/h4-5,8-9,13-15,22,24H,3,6-7H2,1-2H3,(H,21,27)/t9-,13-,14-,15-,19+/m0/s1. The number of ether oxygens (including phenoxy) is 1. The smallest absolute Gasteiger partial charge is 0.250 e. The number of hydrogen-bond donors (Lipinski definition) is 3. The van der Waals surface area contributed by atoms with E-state index in [9.17, 15) is 23.9 Å². The molecule has 0 aromatic heterocycles. The van der Waals surface area contributed by atoms with Gasteiger partial charge in [-0.2, -0.15) is 0 Å². The number of methoxy groups -OCH3 is 1. The van der Waals surface area contributed by atoms with Crippen LogP contribution in [0.2, 0.25) is 0 Å². The molecule has 5 atom stereocenters. The molecule has 2 saturated heterocycles. The molecule has 0 saturated carbocycles. The Bertz CT molecular complexity index is 860. The van der Waals surface area contributed by atoms with Crippen molar-refractivity contribution in [3.8, 4) is 0 Å². The van der Waals surface area contributed by atoms with Crippen molar-refractivity contribution in [2.24, 2.45) is 11.8 Å². The summed E-state index contributed by atoms with van der Waals surface area (Å²) in [5, 5.41) is 16.0. The van der Waals surface area contributed by atoms with E-state index in [1.807, 2.05) is 0 Å². The van der Waals surface area contributed by atoms with Crippen molar-refractivity contribution in [1.82, 2.24) is 10.2 Å². The third-order valence-corrected chi connectivity index (χ3v) is 5.95. The lowest BCUT2D eigenvalue weighted by molar-refractivity contribution is -0.143. The number of fused-ring (bicyclic) bond motifs is 4. The van der Waals surface area contributed by atoms with E-state index in [0.29, 0.717) is 18.7 Å². The number of imide groups is 1. The highest BCUT2D eigenvalue weighted by Gasteiger charge is 2.71. The molecular weight excluding hydrogens is 369 g/mol. The van der Waals surface area contributed by atoms with Crippen molar-refractivity contribution in [3.63, 3.8) is 0 Å².